The van der Waals surface area contributed by atoms with Crippen molar-refractivity contribution in [2.45, 2.75) is 431 Å². The molecule has 76 heavy (non-hydrogen) atoms. The van der Waals surface area contributed by atoms with E-state index in [2.05, 4.69) is 13.8 Å². The van der Waals surface area contributed by atoms with Gasteiger partial charge in [0.05, 0.1) is 6.61 Å². The van der Waals surface area contributed by atoms with Crippen molar-refractivity contribution in [3.63, 3.8) is 0 Å². The zero-order valence-electron chi connectivity index (χ0n) is 52.3. The third-order valence-corrected chi connectivity index (χ3v) is 16.9. The topological polar surface area (TPSA) is 72.8 Å². The van der Waals surface area contributed by atoms with Gasteiger partial charge in [-0.25, -0.2) is 0 Å². The van der Waals surface area contributed by atoms with Crippen LogP contribution < -0.4 is 0 Å². The lowest BCUT2D eigenvalue weighted by Crippen LogP contribution is -2.28. The number of ether oxygens (including phenoxy) is 2. The SMILES string of the molecule is CCCCCCCCCCCCCCCCCCCCCCCCCCCCCCCCCCCCCCCCCCCC(=O)OC(CO)COC(=O)CCCCCCCCCCCCCCCCCCCCCCC. The first-order chi connectivity index (χ1) is 37.6. The monoisotopic (exact) mass is 1070 g/mol. The minimum Gasteiger partial charge on any atom is -0.462 e. The highest BCUT2D eigenvalue weighted by Gasteiger charge is 2.16. The highest BCUT2D eigenvalue weighted by atomic mass is 16.6. The van der Waals surface area contributed by atoms with E-state index in [0.29, 0.717) is 12.8 Å². The molecule has 0 radical (unpaired) electrons. The second-order valence-electron chi connectivity index (χ2n) is 24.7. The molecular weight excluding hydrogens is 933 g/mol. The van der Waals surface area contributed by atoms with Crippen molar-refractivity contribution in [3.8, 4) is 0 Å². The third-order valence-electron chi connectivity index (χ3n) is 16.9. The van der Waals surface area contributed by atoms with Crippen LogP contribution in [0.25, 0.3) is 0 Å². The average Bonchev–Trinajstić information content (AvgIpc) is 3.42. The van der Waals surface area contributed by atoms with E-state index in [1.54, 1.807) is 0 Å². The molecule has 0 saturated heterocycles. The standard InChI is InChI=1S/C71H140O5/c1-3-5-7-9-11-13-15-17-19-21-23-25-26-27-28-29-30-31-32-33-34-35-36-37-38-39-40-41-42-43-44-46-48-50-52-54-56-58-60-62-64-66-71(74)76-69(67-72)68-75-70(73)65-63-61-59-57-55-53-51-49-47-45-24-22-20-18-16-14-12-10-8-6-4-2/h69,72H,3-68H2,1-2H3. The van der Waals surface area contributed by atoms with Crippen LogP contribution in [-0.4, -0.2) is 36.4 Å². The van der Waals surface area contributed by atoms with E-state index in [4.69, 9.17) is 9.47 Å². The van der Waals surface area contributed by atoms with Crippen LogP contribution in [0.1, 0.15) is 425 Å². The van der Waals surface area contributed by atoms with Crippen molar-refractivity contribution in [2.24, 2.45) is 0 Å². The molecule has 0 spiro atoms. The van der Waals surface area contributed by atoms with Crippen molar-refractivity contribution in [1.29, 1.82) is 0 Å². The predicted molar refractivity (Wildman–Crippen MR) is 335 cm³/mol. The summed E-state index contributed by atoms with van der Waals surface area (Å²) in [5.41, 5.74) is 0. The third kappa shape index (κ3) is 65.4. The van der Waals surface area contributed by atoms with Gasteiger partial charge in [-0.1, -0.05) is 399 Å². The summed E-state index contributed by atoms with van der Waals surface area (Å²) in [5.74, 6) is -0.560. The minimum atomic E-state index is -0.765. The number of hydrogen-bond donors (Lipinski definition) is 1. The quantitative estimate of drug-likeness (QED) is 0.0485. The number of aliphatic hydroxyl groups is 1. The van der Waals surface area contributed by atoms with E-state index in [-0.39, 0.29) is 25.2 Å². The Labute approximate surface area is 478 Å². The number of carbonyl (C=O) groups is 2. The molecule has 0 aliphatic rings. The van der Waals surface area contributed by atoms with Gasteiger partial charge in [-0.2, -0.15) is 0 Å². The lowest BCUT2D eigenvalue weighted by Gasteiger charge is -2.15. The Balaban J connectivity index is 3.32. The smallest absolute Gasteiger partial charge is 0.306 e. The molecule has 0 aromatic heterocycles. The molecule has 1 N–H and O–H groups in total. The first kappa shape index (κ1) is 74.9. The van der Waals surface area contributed by atoms with Crippen LogP contribution in [-0.2, 0) is 19.1 Å². The summed E-state index contributed by atoms with van der Waals surface area (Å²) < 4.78 is 10.8. The Hall–Kier alpha value is -1.10. The van der Waals surface area contributed by atoms with Crippen LogP contribution in [0.5, 0.6) is 0 Å². The zero-order valence-corrected chi connectivity index (χ0v) is 52.3. The Morgan fingerprint density at radius 3 is 0.579 bits per heavy atom. The van der Waals surface area contributed by atoms with Gasteiger partial charge in [-0.15, -0.1) is 0 Å². The number of unbranched alkanes of at least 4 members (excludes halogenated alkanes) is 60. The van der Waals surface area contributed by atoms with Crippen molar-refractivity contribution in [1.82, 2.24) is 0 Å². The number of aliphatic hydroxyl groups excluding tert-OH is 1. The molecule has 5 heteroatoms. The van der Waals surface area contributed by atoms with Crippen LogP contribution in [0.2, 0.25) is 0 Å². The maximum absolute atomic E-state index is 12.4. The van der Waals surface area contributed by atoms with E-state index in [1.165, 1.54) is 366 Å². The molecule has 1 unspecified atom stereocenters. The van der Waals surface area contributed by atoms with Gasteiger partial charge in [0.15, 0.2) is 6.10 Å². The highest BCUT2D eigenvalue weighted by molar-refractivity contribution is 5.70. The van der Waals surface area contributed by atoms with Gasteiger partial charge < -0.3 is 14.6 Å². The summed E-state index contributed by atoms with van der Waals surface area (Å²) in [5, 5.41) is 9.69. The molecule has 454 valence electrons. The number of esters is 2. The van der Waals surface area contributed by atoms with Crippen molar-refractivity contribution >= 4 is 11.9 Å². The molecule has 0 aromatic rings. The number of hydrogen-bond acceptors (Lipinski definition) is 5. The maximum atomic E-state index is 12.4. The van der Waals surface area contributed by atoms with Crippen molar-refractivity contribution in [2.75, 3.05) is 13.2 Å². The van der Waals surface area contributed by atoms with Gasteiger partial charge in [0.1, 0.15) is 6.61 Å². The zero-order chi connectivity index (χ0) is 54.8. The maximum Gasteiger partial charge on any atom is 0.306 e. The van der Waals surface area contributed by atoms with Crippen LogP contribution >= 0.6 is 0 Å². The first-order valence-corrected chi connectivity index (χ1v) is 35.6. The van der Waals surface area contributed by atoms with E-state index in [0.717, 1.165) is 32.1 Å². The average molecular weight is 1070 g/mol. The van der Waals surface area contributed by atoms with E-state index in [9.17, 15) is 14.7 Å². The first-order valence-electron chi connectivity index (χ1n) is 35.6. The van der Waals surface area contributed by atoms with Crippen LogP contribution in [0, 0.1) is 0 Å². The fraction of sp³-hybridized carbons (Fsp3) is 0.972. The molecule has 5 nitrogen and oxygen atoms in total. The van der Waals surface area contributed by atoms with E-state index >= 15 is 0 Å². The Morgan fingerprint density at radius 2 is 0.408 bits per heavy atom. The van der Waals surface area contributed by atoms with Gasteiger partial charge in [0.2, 0.25) is 0 Å². The van der Waals surface area contributed by atoms with Gasteiger partial charge in [-0.05, 0) is 12.8 Å². The molecule has 0 aliphatic carbocycles. The second-order valence-corrected chi connectivity index (χ2v) is 24.7. The lowest BCUT2D eigenvalue weighted by molar-refractivity contribution is -0.161. The van der Waals surface area contributed by atoms with Crippen LogP contribution in [0.15, 0.2) is 0 Å². The number of rotatable bonds is 68. The fourth-order valence-corrected chi connectivity index (χ4v) is 11.6. The van der Waals surface area contributed by atoms with E-state index < -0.39 is 6.10 Å². The van der Waals surface area contributed by atoms with E-state index in [1.807, 2.05) is 0 Å². The molecule has 0 bridgehead atoms. The van der Waals surface area contributed by atoms with Gasteiger partial charge in [0.25, 0.3) is 0 Å². The Bertz CT molecular complexity index is 1080. The van der Waals surface area contributed by atoms with Crippen LogP contribution in [0.3, 0.4) is 0 Å². The molecule has 0 rings (SSSR count). The van der Waals surface area contributed by atoms with Gasteiger partial charge >= 0.3 is 11.9 Å². The highest BCUT2D eigenvalue weighted by Crippen LogP contribution is 2.20. The van der Waals surface area contributed by atoms with Gasteiger partial charge in [-0.3, -0.25) is 9.59 Å². The fourth-order valence-electron chi connectivity index (χ4n) is 11.6. The minimum absolute atomic E-state index is 0.0555. The summed E-state index contributed by atoms with van der Waals surface area (Å²) in [6.07, 6.45) is 86.0. The molecule has 0 aromatic carbocycles. The molecule has 0 aliphatic heterocycles. The molecule has 0 heterocycles. The van der Waals surface area contributed by atoms with Crippen molar-refractivity contribution in [3.05, 3.63) is 0 Å². The summed E-state index contributed by atoms with van der Waals surface area (Å²) in [6, 6.07) is 0. The summed E-state index contributed by atoms with van der Waals surface area (Å²) in [6.45, 7) is 4.22. The summed E-state index contributed by atoms with van der Waals surface area (Å²) in [4.78, 5) is 24.6. The Kier molecular flexibility index (Phi) is 67.2. The summed E-state index contributed by atoms with van der Waals surface area (Å²) >= 11 is 0. The normalized spacial score (nSPS) is 12.0. The molecular formula is C71H140O5. The molecule has 0 fully saturated rings. The largest absolute Gasteiger partial charge is 0.462 e. The lowest BCUT2D eigenvalue weighted by atomic mass is 10.0. The van der Waals surface area contributed by atoms with Gasteiger partial charge in [0, 0.05) is 12.8 Å². The summed E-state index contributed by atoms with van der Waals surface area (Å²) in [7, 11) is 0. The van der Waals surface area contributed by atoms with Crippen LogP contribution in [0.4, 0.5) is 0 Å². The van der Waals surface area contributed by atoms with Crippen molar-refractivity contribution < 1.29 is 24.2 Å². The molecule has 0 amide bonds. The second kappa shape index (κ2) is 68.2. The Morgan fingerprint density at radius 1 is 0.250 bits per heavy atom. The number of carbonyl (C=O) groups excluding carboxylic acids is 2. The molecule has 0 saturated carbocycles. The molecule has 1 atom stereocenters. The predicted octanol–water partition coefficient (Wildman–Crippen LogP) is 24.4.